The second kappa shape index (κ2) is 6.34. The number of hydrogen-bond donors (Lipinski definition) is 2. The summed E-state index contributed by atoms with van der Waals surface area (Å²) < 4.78 is 0. The molecule has 0 bridgehead atoms. The molecule has 0 aliphatic heterocycles. The summed E-state index contributed by atoms with van der Waals surface area (Å²) in [4.78, 5) is 4.26. The van der Waals surface area contributed by atoms with Crippen LogP contribution in [0.1, 0.15) is 33.1 Å². The van der Waals surface area contributed by atoms with E-state index < -0.39 is 0 Å². The van der Waals surface area contributed by atoms with Gasteiger partial charge in [0.1, 0.15) is 6.54 Å². The lowest BCUT2D eigenvalue weighted by Crippen LogP contribution is -2.39. The summed E-state index contributed by atoms with van der Waals surface area (Å²) in [5.74, 6) is 4.22. The van der Waals surface area contributed by atoms with E-state index in [0.717, 1.165) is 18.4 Å². The first kappa shape index (κ1) is 11.9. The van der Waals surface area contributed by atoms with Crippen LogP contribution in [-0.2, 0) is 0 Å². The van der Waals surface area contributed by atoms with Crippen LogP contribution < -0.4 is 10.6 Å². The Morgan fingerprint density at radius 3 is 2.93 bits per heavy atom. The first-order valence-electron chi connectivity index (χ1n) is 5.80. The Kier molecular flexibility index (Phi) is 5.03. The molecule has 0 aromatic heterocycles. The van der Waals surface area contributed by atoms with Gasteiger partial charge in [-0.25, -0.2) is 4.99 Å². The Labute approximate surface area is 92.7 Å². The van der Waals surface area contributed by atoms with Crippen molar-refractivity contribution in [3.63, 3.8) is 0 Å². The first-order valence-corrected chi connectivity index (χ1v) is 5.80. The molecule has 84 valence electrons. The zero-order valence-electron chi connectivity index (χ0n) is 9.71. The van der Waals surface area contributed by atoms with Crippen molar-refractivity contribution in [2.24, 2.45) is 10.9 Å². The molecule has 0 aromatic carbocycles. The largest absolute Gasteiger partial charge is 0.357 e. The predicted octanol–water partition coefficient (Wildman–Crippen LogP) is 1.36. The summed E-state index contributed by atoms with van der Waals surface area (Å²) in [6.07, 6.45) is 9.03. The lowest BCUT2D eigenvalue weighted by Gasteiger charge is -2.10. The summed E-state index contributed by atoms with van der Waals surface area (Å²) in [7, 11) is 0. The van der Waals surface area contributed by atoms with E-state index >= 15 is 0 Å². The van der Waals surface area contributed by atoms with Crippen molar-refractivity contribution in [3.05, 3.63) is 0 Å². The van der Waals surface area contributed by atoms with E-state index in [2.05, 4.69) is 35.4 Å². The van der Waals surface area contributed by atoms with E-state index in [1.54, 1.807) is 0 Å². The topological polar surface area (TPSA) is 36.4 Å². The lowest BCUT2D eigenvalue weighted by atomic mass is 10.2. The maximum Gasteiger partial charge on any atom is 0.192 e. The fourth-order valence-corrected chi connectivity index (χ4v) is 1.73. The van der Waals surface area contributed by atoms with Gasteiger partial charge in [-0.3, -0.25) is 0 Å². The molecule has 3 heteroatoms. The van der Waals surface area contributed by atoms with E-state index in [9.17, 15) is 0 Å². The third-order valence-corrected chi connectivity index (χ3v) is 2.58. The predicted molar refractivity (Wildman–Crippen MR) is 64.8 cm³/mol. The van der Waals surface area contributed by atoms with Crippen LogP contribution in [0, 0.1) is 18.3 Å². The highest BCUT2D eigenvalue weighted by atomic mass is 15.2. The molecule has 0 aromatic rings. The van der Waals surface area contributed by atoms with Gasteiger partial charge in [-0.15, -0.1) is 6.42 Å². The summed E-state index contributed by atoms with van der Waals surface area (Å²) in [6.45, 7) is 5.61. The van der Waals surface area contributed by atoms with Crippen molar-refractivity contribution >= 4 is 5.96 Å². The lowest BCUT2D eigenvalue weighted by molar-refractivity contribution is 0.656. The molecule has 1 rings (SSSR count). The molecule has 3 nitrogen and oxygen atoms in total. The zero-order chi connectivity index (χ0) is 11.1. The molecule has 0 saturated heterocycles. The van der Waals surface area contributed by atoms with Gasteiger partial charge >= 0.3 is 0 Å². The van der Waals surface area contributed by atoms with Crippen LogP contribution in [0.2, 0.25) is 0 Å². The maximum atomic E-state index is 5.18. The number of nitrogens with zero attached hydrogens (tertiary/aromatic N) is 1. The minimum absolute atomic E-state index is 0.445. The minimum Gasteiger partial charge on any atom is -0.357 e. The van der Waals surface area contributed by atoms with E-state index in [0.29, 0.717) is 12.6 Å². The van der Waals surface area contributed by atoms with Crippen molar-refractivity contribution in [2.45, 2.75) is 39.2 Å². The molecule has 0 amide bonds. The van der Waals surface area contributed by atoms with Crippen molar-refractivity contribution in [2.75, 3.05) is 13.1 Å². The van der Waals surface area contributed by atoms with Gasteiger partial charge in [0.15, 0.2) is 5.96 Å². The molecule has 1 aliphatic rings. The van der Waals surface area contributed by atoms with Gasteiger partial charge in [0.2, 0.25) is 0 Å². The zero-order valence-corrected chi connectivity index (χ0v) is 9.71. The second-order valence-electron chi connectivity index (χ2n) is 3.93. The molecule has 0 heterocycles. The average molecular weight is 207 g/mol. The van der Waals surface area contributed by atoms with Crippen molar-refractivity contribution < 1.29 is 0 Å². The highest BCUT2D eigenvalue weighted by Crippen LogP contribution is 2.34. The fraction of sp³-hybridized carbons (Fsp3) is 0.750. The normalized spacial score (nSPS) is 24.5. The molecule has 2 atom stereocenters. The Bertz CT molecular complexity index is 252. The van der Waals surface area contributed by atoms with E-state index in [1.165, 1.54) is 19.3 Å². The van der Waals surface area contributed by atoms with Gasteiger partial charge in [0.05, 0.1) is 0 Å². The number of hydrogen-bond acceptors (Lipinski definition) is 1. The summed E-state index contributed by atoms with van der Waals surface area (Å²) in [5, 5.41) is 6.60. The molecule has 1 fully saturated rings. The van der Waals surface area contributed by atoms with Crippen LogP contribution in [-0.4, -0.2) is 25.1 Å². The standard InChI is InChI=1S/C12H21N3/c1-4-7-10-9-11(10)15-12(13-6-3)14-8-5-2/h2,10-11H,4,6-9H2,1,3H3,(H2,13,14,15). The van der Waals surface area contributed by atoms with Gasteiger partial charge in [-0.05, 0) is 25.7 Å². The molecule has 2 N–H and O–H groups in total. The smallest absolute Gasteiger partial charge is 0.192 e. The van der Waals surface area contributed by atoms with Crippen LogP contribution in [0.15, 0.2) is 4.99 Å². The monoisotopic (exact) mass is 207 g/mol. The van der Waals surface area contributed by atoms with Gasteiger partial charge in [0, 0.05) is 12.6 Å². The number of guanidine groups is 1. The second-order valence-corrected chi connectivity index (χ2v) is 3.93. The van der Waals surface area contributed by atoms with Crippen molar-refractivity contribution in [1.82, 2.24) is 10.6 Å². The van der Waals surface area contributed by atoms with Gasteiger partial charge in [-0.2, -0.15) is 0 Å². The number of rotatable bonds is 5. The SMILES string of the molecule is C#CCN=C(NCC)NC1CC1CCC. The van der Waals surface area contributed by atoms with E-state index in [1.807, 2.05) is 0 Å². The van der Waals surface area contributed by atoms with Gasteiger partial charge in [0.25, 0.3) is 0 Å². The maximum absolute atomic E-state index is 5.18. The molecule has 1 aliphatic carbocycles. The summed E-state index contributed by atoms with van der Waals surface area (Å²) in [6, 6.07) is 0.612. The number of terminal acetylenes is 1. The Morgan fingerprint density at radius 1 is 1.53 bits per heavy atom. The molecule has 1 saturated carbocycles. The summed E-state index contributed by atoms with van der Waals surface area (Å²) >= 11 is 0. The Balaban J connectivity index is 2.30. The van der Waals surface area contributed by atoms with E-state index in [4.69, 9.17) is 6.42 Å². The minimum atomic E-state index is 0.445. The number of nitrogens with one attached hydrogen (secondary N) is 2. The Hall–Kier alpha value is -1.17. The highest BCUT2D eigenvalue weighted by molar-refractivity contribution is 5.80. The summed E-state index contributed by atoms with van der Waals surface area (Å²) in [5.41, 5.74) is 0. The molecular weight excluding hydrogens is 186 g/mol. The molecule has 15 heavy (non-hydrogen) atoms. The van der Waals surface area contributed by atoms with Crippen LogP contribution in [0.3, 0.4) is 0 Å². The van der Waals surface area contributed by atoms with Crippen LogP contribution in [0.4, 0.5) is 0 Å². The van der Waals surface area contributed by atoms with Crippen LogP contribution in [0.5, 0.6) is 0 Å². The van der Waals surface area contributed by atoms with E-state index in [-0.39, 0.29) is 0 Å². The van der Waals surface area contributed by atoms with Gasteiger partial charge < -0.3 is 10.6 Å². The van der Waals surface area contributed by atoms with Crippen LogP contribution in [0.25, 0.3) is 0 Å². The average Bonchev–Trinajstić information content (AvgIpc) is 2.94. The third-order valence-electron chi connectivity index (χ3n) is 2.58. The quantitative estimate of drug-likeness (QED) is 0.406. The molecular formula is C12H21N3. The van der Waals surface area contributed by atoms with Crippen molar-refractivity contribution in [1.29, 1.82) is 0 Å². The first-order chi connectivity index (χ1) is 7.31. The highest BCUT2D eigenvalue weighted by Gasteiger charge is 2.36. The Morgan fingerprint density at radius 2 is 2.33 bits per heavy atom. The fourth-order valence-electron chi connectivity index (χ4n) is 1.73. The molecule has 0 radical (unpaired) electrons. The molecule has 2 unspecified atom stereocenters. The number of aliphatic imine (C=N–C) groups is 1. The van der Waals surface area contributed by atoms with Crippen LogP contribution >= 0.6 is 0 Å². The third kappa shape index (κ3) is 4.24. The van der Waals surface area contributed by atoms with Crippen molar-refractivity contribution in [3.8, 4) is 12.3 Å². The molecule has 0 spiro atoms. The van der Waals surface area contributed by atoms with Gasteiger partial charge in [-0.1, -0.05) is 19.3 Å².